The molecule has 6 rings (SSSR count). The summed E-state index contributed by atoms with van der Waals surface area (Å²) in [4.78, 5) is 25.7. The van der Waals surface area contributed by atoms with Gasteiger partial charge in [-0.15, -0.1) is 0 Å². The zero-order valence-corrected chi connectivity index (χ0v) is 41.8. The molecule has 16 heteroatoms. The number of benzene rings is 4. The number of rotatable bonds is 24. The van der Waals surface area contributed by atoms with Crippen molar-refractivity contribution >= 4 is 11.9 Å². The number of hydrogen-bond acceptors (Lipinski definition) is 14. The molecular formula is C54H72N2O14+2. The maximum absolute atomic E-state index is 12.9. The molecule has 0 bridgehead atoms. The Balaban J connectivity index is 1.07. The SMILES string of the molecule is COc1cc2c(cc1OC)C(Cc1cc(CO)c(OC)c(OC)c1)[N+](C)(CCCOC(=O)C=CC(=O)OCCC[N+]1(C)CCc3cc(CO)c(CO)cc3C1Cc1cc(CO)c(CO)c(OC)c1)CC2. The maximum Gasteiger partial charge on any atom is 0.331 e. The first-order valence-electron chi connectivity index (χ1n) is 23.8. The molecule has 4 unspecified atom stereocenters. The molecule has 4 aromatic rings. The van der Waals surface area contributed by atoms with Gasteiger partial charge in [0.1, 0.15) is 17.8 Å². The summed E-state index contributed by atoms with van der Waals surface area (Å²) in [5.74, 6) is 1.52. The lowest BCUT2D eigenvalue weighted by atomic mass is 9.83. The van der Waals surface area contributed by atoms with Gasteiger partial charge in [-0.2, -0.15) is 0 Å². The van der Waals surface area contributed by atoms with Crippen LogP contribution in [-0.2, 0) is 77.8 Å². The molecule has 5 N–H and O–H groups in total. The van der Waals surface area contributed by atoms with E-state index in [0.29, 0.717) is 104 Å². The van der Waals surface area contributed by atoms with Gasteiger partial charge in [0.25, 0.3) is 0 Å². The molecule has 2 heterocycles. The van der Waals surface area contributed by atoms with E-state index in [0.717, 1.165) is 71.5 Å². The predicted octanol–water partition coefficient (Wildman–Crippen LogP) is 4.89. The van der Waals surface area contributed by atoms with Crippen LogP contribution in [0.25, 0.3) is 0 Å². The van der Waals surface area contributed by atoms with E-state index < -0.39 is 11.9 Å². The summed E-state index contributed by atoms with van der Waals surface area (Å²) >= 11 is 0. The lowest BCUT2D eigenvalue weighted by molar-refractivity contribution is -0.941. The van der Waals surface area contributed by atoms with Crippen molar-refractivity contribution in [3.8, 4) is 28.7 Å². The van der Waals surface area contributed by atoms with E-state index in [1.54, 1.807) is 28.4 Å². The van der Waals surface area contributed by atoms with Crippen LogP contribution in [0.1, 0.15) is 86.1 Å². The largest absolute Gasteiger partial charge is 0.496 e. The van der Waals surface area contributed by atoms with E-state index in [9.17, 15) is 35.1 Å². The number of fused-ring (bicyclic) bond motifs is 2. The second-order valence-corrected chi connectivity index (χ2v) is 18.6. The molecule has 380 valence electrons. The highest BCUT2D eigenvalue weighted by atomic mass is 16.5. The number of likely N-dealkylation sites (N-methyl/N-ethyl adjacent to an activating group) is 2. The Morgan fingerprint density at radius 2 is 0.986 bits per heavy atom. The molecule has 70 heavy (non-hydrogen) atoms. The molecule has 16 nitrogen and oxygen atoms in total. The van der Waals surface area contributed by atoms with Gasteiger partial charge in [0, 0.05) is 72.9 Å². The van der Waals surface area contributed by atoms with Crippen molar-refractivity contribution in [2.75, 3.05) is 89.0 Å². The maximum atomic E-state index is 12.9. The number of ether oxygens (including phenoxy) is 7. The van der Waals surface area contributed by atoms with Gasteiger partial charge >= 0.3 is 11.9 Å². The lowest BCUT2D eigenvalue weighted by Crippen LogP contribution is -2.52. The van der Waals surface area contributed by atoms with Crippen LogP contribution < -0.4 is 23.7 Å². The van der Waals surface area contributed by atoms with Gasteiger partial charge in [-0.1, -0.05) is 12.1 Å². The molecule has 0 aromatic heterocycles. The zero-order chi connectivity index (χ0) is 50.6. The lowest BCUT2D eigenvalue weighted by Gasteiger charge is -2.46. The number of hydrogen-bond donors (Lipinski definition) is 5. The second kappa shape index (κ2) is 24.4. The third-order valence-corrected chi connectivity index (χ3v) is 14.5. The molecule has 4 aromatic carbocycles. The van der Waals surface area contributed by atoms with Gasteiger partial charge in [0.15, 0.2) is 23.0 Å². The van der Waals surface area contributed by atoms with Crippen molar-refractivity contribution in [2.45, 2.75) is 83.6 Å². The fraction of sp³-hybridized carbons (Fsp3) is 0.481. The highest BCUT2D eigenvalue weighted by molar-refractivity contribution is 5.91. The smallest absolute Gasteiger partial charge is 0.331 e. The Morgan fingerprint density at radius 3 is 1.47 bits per heavy atom. The first-order valence-corrected chi connectivity index (χ1v) is 23.8. The molecule has 2 aliphatic rings. The Kier molecular flexibility index (Phi) is 18.7. The number of quaternary nitrogens is 2. The molecule has 0 spiro atoms. The third kappa shape index (κ3) is 12.1. The quantitative estimate of drug-likeness (QED) is 0.0275. The number of nitrogens with zero attached hydrogens (tertiary/aromatic N) is 2. The molecule has 0 amide bonds. The van der Waals surface area contributed by atoms with Crippen LogP contribution in [-0.4, -0.2) is 135 Å². The summed E-state index contributed by atoms with van der Waals surface area (Å²) in [7, 11) is 12.3. The van der Waals surface area contributed by atoms with E-state index in [2.05, 4.69) is 14.1 Å². The monoisotopic (exact) mass is 972 g/mol. The summed E-state index contributed by atoms with van der Waals surface area (Å²) in [5, 5.41) is 50.7. The Labute approximate surface area is 411 Å². The molecule has 0 saturated carbocycles. The number of aliphatic hydroxyl groups is 5. The van der Waals surface area contributed by atoms with E-state index in [1.165, 1.54) is 7.11 Å². The molecule has 2 aliphatic heterocycles. The summed E-state index contributed by atoms with van der Waals surface area (Å²) in [6, 6.07) is 15.6. The Morgan fingerprint density at radius 1 is 0.529 bits per heavy atom. The summed E-state index contributed by atoms with van der Waals surface area (Å²) in [5.41, 5.74) is 9.40. The summed E-state index contributed by atoms with van der Waals surface area (Å²) < 4.78 is 40.6. The van der Waals surface area contributed by atoms with Crippen LogP contribution >= 0.6 is 0 Å². The van der Waals surface area contributed by atoms with Crippen LogP contribution in [0.15, 0.2) is 60.7 Å². The van der Waals surface area contributed by atoms with Crippen LogP contribution in [0.5, 0.6) is 28.7 Å². The number of esters is 2. The first-order chi connectivity index (χ1) is 33.7. The Hall–Kier alpha value is -5.72. The van der Waals surface area contributed by atoms with Gasteiger partial charge in [0.2, 0.25) is 0 Å². The number of aliphatic hydroxyl groups excluding tert-OH is 5. The van der Waals surface area contributed by atoms with Crippen molar-refractivity contribution < 1.29 is 77.2 Å². The van der Waals surface area contributed by atoms with E-state index in [1.807, 2.05) is 48.5 Å². The van der Waals surface area contributed by atoms with Gasteiger partial charge in [-0.3, -0.25) is 0 Å². The molecule has 0 saturated heterocycles. The standard InChI is InChI=1S/C54H72N2O14/c1-55(16-12-37-26-39(30-57)40(31-58)27-43(37)46(55)22-35-20-41(32-59)45(34-61)48(24-35)64-3)14-8-18-69-52(62)10-11-53(63)70-19-9-15-56(2)17-13-38-28-49(65-4)50(66-5)29-44(38)47(56)23-36-21-42(33-60)54(68-7)51(25-36)67-6/h10-11,20-21,24-29,46-47,57-61H,8-9,12-19,22-23,30-34H2,1-7H3/q+2. The second-order valence-electron chi connectivity index (χ2n) is 18.6. The molecular weight excluding hydrogens is 901 g/mol. The fourth-order valence-electron chi connectivity index (χ4n) is 10.6. The van der Waals surface area contributed by atoms with Crippen LogP contribution in [0, 0.1) is 0 Å². The third-order valence-electron chi connectivity index (χ3n) is 14.5. The minimum Gasteiger partial charge on any atom is -0.496 e. The van der Waals surface area contributed by atoms with Gasteiger partial charge in [-0.25, -0.2) is 9.59 Å². The molecule has 0 aliphatic carbocycles. The van der Waals surface area contributed by atoms with Gasteiger partial charge in [0.05, 0.1) is 122 Å². The van der Waals surface area contributed by atoms with Crippen molar-refractivity contribution in [1.82, 2.24) is 0 Å². The van der Waals surface area contributed by atoms with Crippen molar-refractivity contribution in [3.05, 3.63) is 122 Å². The average molecular weight is 973 g/mol. The van der Waals surface area contributed by atoms with Gasteiger partial charge in [-0.05, 0) is 75.3 Å². The van der Waals surface area contributed by atoms with Crippen molar-refractivity contribution in [3.63, 3.8) is 0 Å². The highest BCUT2D eigenvalue weighted by Crippen LogP contribution is 2.44. The van der Waals surface area contributed by atoms with E-state index >= 15 is 0 Å². The fourth-order valence-corrected chi connectivity index (χ4v) is 10.6. The normalized spacial score (nSPS) is 19.5. The Bertz CT molecular complexity index is 2270. The molecule has 4 atom stereocenters. The zero-order valence-electron chi connectivity index (χ0n) is 41.8. The number of methoxy groups -OCH3 is 5. The number of carbonyl (C=O) groups is 2. The van der Waals surface area contributed by atoms with Crippen LogP contribution in [0.3, 0.4) is 0 Å². The first kappa shape index (κ1) is 53.6. The van der Waals surface area contributed by atoms with Crippen molar-refractivity contribution in [2.24, 2.45) is 0 Å². The number of carbonyl (C=O) groups excluding carboxylic acids is 2. The van der Waals surface area contributed by atoms with Crippen LogP contribution in [0.2, 0.25) is 0 Å². The summed E-state index contributed by atoms with van der Waals surface area (Å²) in [6.45, 7) is 2.01. The minimum atomic E-state index is -0.656. The molecule has 0 fully saturated rings. The summed E-state index contributed by atoms with van der Waals surface area (Å²) in [6.07, 6.45) is 5.98. The average Bonchev–Trinajstić information content (AvgIpc) is 3.38. The minimum absolute atomic E-state index is 0.0343. The predicted molar refractivity (Wildman–Crippen MR) is 261 cm³/mol. The highest BCUT2D eigenvalue weighted by Gasteiger charge is 2.41. The van der Waals surface area contributed by atoms with E-state index in [4.69, 9.17) is 33.2 Å². The molecule has 0 radical (unpaired) electrons. The van der Waals surface area contributed by atoms with Crippen LogP contribution in [0.4, 0.5) is 0 Å². The van der Waals surface area contributed by atoms with E-state index in [-0.39, 0.29) is 58.3 Å². The topological polar surface area (TPSA) is 200 Å². The van der Waals surface area contributed by atoms with Gasteiger partial charge < -0.3 is 67.7 Å². The van der Waals surface area contributed by atoms with Crippen molar-refractivity contribution in [1.29, 1.82) is 0 Å².